The zero-order valence-corrected chi connectivity index (χ0v) is 19.0. The minimum atomic E-state index is -0.858. The van der Waals surface area contributed by atoms with Gasteiger partial charge in [-0.3, -0.25) is 9.48 Å². The molecular weight excluding hydrogens is 486 g/mol. The summed E-state index contributed by atoms with van der Waals surface area (Å²) in [7, 11) is 0. The van der Waals surface area contributed by atoms with Crippen LogP contribution in [0.5, 0.6) is 0 Å². The van der Waals surface area contributed by atoms with E-state index in [1.165, 1.54) is 22.3 Å². The highest BCUT2D eigenvalue weighted by molar-refractivity contribution is 9.10. The molecule has 1 amide bonds. The maximum atomic E-state index is 13.8. The number of thiophene rings is 1. The molecule has 2 atom stereocenters. The number of benzene rings is 1. The van der Waals surface area contributed by atoms with Crippen LogP contribution in [0, 0.1) is 11.6 Å². The molecule has 2 N–H and O–H groups in total. The Kier molecular flexibility index (Phi) is 5.66. The molecule has 5 nitrogen and oxygen atoms in total. The minimum Gasteiger partial charge on any atom is -0.347 e. The molecule has 5 rings (SSSR count). The lowest BCUT2D eigenvalue weighted by molar-refractivity contribution is 0.0928. The summed E-state index contributed by atoms with van der Waals surface area (Å²) in [5.41, 5.74) is 2.78. The second-order valence-corrected chi connectivity index (χ2v) is 9.96. The Morgan fingerprint density at radius 1 is 1.29 bits per heavy atom. The van der Waals surface area contributed by atoms with Crippen LogP contribution in [0.25, 0.3) is 11.3 Å². The summed E-state index contributed by atoms with van der Waals surface area (Å²) >= 11 is 5.10. The summed E-state index contributed by atoms with van der Waals surface area (Å²) in [5, 5.41) is 10.9. The van der Waals surface area contributed by atoms with Crippen LogP contribution in [-0.4, -0.2) is 34.8 Å². The minimum absolute atomic E-state index is 0.0753. The van der Waals surface area contributed by atoms with Gasteiger partial charge in [-0.05, 0) is 65.5 Å². The highest BCUT2D eigenvalue weighted by atomic mass is 79.9. The third-order valence-electron chi connectivity index (χ3n) is 6.03. The van der Waals surface area contributed by atoms with Crippen molar-refractivity contribution < 1.29 is 13.6 Å². The summed E-state index contributed by atoms with van der Waals surface area (Å²) in [5.74, 6) is -1.93. The van der Waals surface area contributed by atoms with Gasteiger partial charge in [-0.25, -0.2) is 8.78 Å². The van der Waals surface area contributed by atoms with Gasteiger partial charge in [0.2, 0.25) is 0 Å². The number of hydrogen-bond acceptors (Lipinski definition) is 4. The van der Waals surface area contributed by atoms with Crippen molar-refractivity contribution in [2.24, 2.45) is 0 Å². The molecule has 0 saturated carbocycles. The lowest BCUT2D eigenvalue weighted by atomic mass is 9.86. The van der Waals surface area contributed by atoms with Crippen LogP contribution in [0.1, 0.15) is 38.9 Å². The van der Waals surface area contributed by atoms with E-state index in [0.717, 1.165) is 54.1 Å². The fourth-order valence-electron chi connectivity index (χ4n) is 4.51. The number of fused-ring (bicyclic) bond motifs is 3. The SMILES string of the molecule is O=C(N[C@@H]1CNCC[C@H]1c1ccc(F)c(F)c1)c1cc2c(s1)CCCn1ncc(Br)c1-2. The summed E-state index contributed by atoms with van der Waals surface area (Å²) in [6, 6.07) is 5.76. The molecule has 2 aliphatic rings. The van der Waals surface area contributed by atoms with Gasteiger partial charge in [-0.15, -0.1) is 11.3 Å². The summed E-state index contributed by atoms with van der Waals surface area (Å²) in [6.07, 6.45) is 4.41. The number of amides is 1. The molecule has 1 fully saturated rings. The summed E-state index contributed by atoms with van der Waals surface area (Å²) in [6.45, 7) is 2.20. The van der Waals surface area contributed by atoms with E-state index >= 15 is 0 Å². The van der Waals surface area contributed by atoms with Crippen LogP contribution >= 0.6 is 27.3 Å². The molecule has 0 aliphatic carbocycles. The van der Waals surface area contributed by atoms with E-state index in [2.05, 4.69) is 31.7 Å². The normalized spacial score (nSPS) is 20.6. The monoisotopic (exact) mass is 506 g/mol. The smallest absolute Gasteiger partial charge is 0.261 e. The molecule has 1 saturated heterocycles. The first kappa shape index (κ1) is 20.8. The zero-order valence-electron chi connectivity index (χ0n) is 16.6. The summed E-state index contributed by atoms with van der Waals surface area (Å²) in [4.78, 5) is 15.0. The highest BCUT2D eigenvalue weighted by Crippen LogP contribution is 2.39. The molecule has 162 valence electrons. The number of carbonyl (C=O) groups excluding carboxylic acids is 1. The number of aromatic nitrogens is 2. The predicted octanol–water partition coefficient (Wildman–Crippen LogP) is 4.47. The largest absolute Gasteiger partial charge is 0.347 e. The second kappa shape index (κ2) is 8.44. The van der Waals surface area contributed by atoms with Gasteiger partial charge in [0.1, 0.15) is 0 Å². The van der Waals surface area contributed by atoms with Gasteiger partial charge in [-0.2, -0.15) is 5.10 Å². The quantitative estimate of drug-likeness (QED) is 0.550. The number of halogens is 3. The highest BCUT2D eigenvalue weighted by Gasteiger charge is 2.30. The van der Waals surface area contributed by atoms with E-state index < -0.39 is 11.6 Å². The lowest BCUT2D eigenvalue weighted by Crippen LogP contribution is -2.49. The van der Waals surface area contributed by atoms with Crippen LogP contribution in [0.2, 0.25) is 0 Å². The fraction of sp³-hybridized carbons (Fsp3) is 0.364. The Morgan fingerprint density at radius 3 is 3.00 bits per heavy atom. The number of hydrogen-bond donors (Lipinski definition) is 2. The number of carbonyl (C=O) groups is 1. The van der Waals surface area contributed by atoms with Crippen molar-refractivity contribution in [2.75, 3.05) is 13.1 Å². The van der Waals surface area contributed by atoms with Crippen LogP contribution in [-0.2, 0) is 13.0 Å². The first-order chi connectivity index (χ1) is 15.0. The molecule has 0 bridgehead atoms. The number of nitrogens with one attached hydrogen (secondary N) is 2. The first-order valence-corrected chi connectivity index (χ1v) is 11.9. The maximum absolute atomic E-state index is 13.8. The second-order valence-electron chi connectivity index (χ2n) is 7.97. The predicted molar refractivity (Wildman–Crippen MR) is 119 cm³/mol. The third kappa shape index (κ3) is 3.94. The molecule has 0 unspecified atom stereocenters. The Labute approximate surface area is 191 Å². The lowest BCUT2D eigenvalue weighted by Gasteiger charge is -2.33. The van der Waals surface area contributed by atoms with Crippen LogP contribution < -0.4 is 10.6 Å². The third-order valence-corrected chi connectivity index (χ3v) is 7.80. The Balaban J connectivity index is 1.40. The van der Waals surface area contributed by atoms with Gasteiger partial charge >= 0.3 is 0 Å². The van der Waals surface area contributed by atoms with Gasteiger partial charge in [0.15, 0.2) is 11.6 Å². The van der Waals surface area contributed by atoms with Gasteiger partial charge in [0.05, 0.1) is 21.2 Å². The summed E-state index contributed by atoms with van der Waals surface area (Å²) < 4.78 is 30.1. The molecule has 1 aromatic carbocycles. The fourth-order valence-corrected chi connectivity index (χ4v) is 6.12. The number of aryl methyl sites for hydroxylation is 2. The molecule has 2 aliphatic heterocycles. The molecule has 9 heteroatoms. The van der Waals surface area contributed by atoms with E-state index in [9.17, 15) is 13.6 Å². The van der Waals surface area contributed by atoms with Crippen molar-refractivity contribution in [3.63, 3.8) is 0 Å². The average Bonchev–Trinajstić information content (AvgIpc) is 3.29. The van der Waals surface area contributed by atoms with Crippen LogP contribution in [0.4, 0.5) is 8.78 Å². The number of rotatable bonds is 3. The van der Waals surface area contributed by atoms with Crippen molar-refractivity contribution in [3.8, 4) is 11.3 Å². The van der Waals surface area contributed by atoms with Crippen molar-refractivity contribution in [2.45, 2.75) is 37.8 Å². The van der Waals surface area contributed by atoms with E-state index in [4.69, 9.17) is 0 Å². The van der Waals surface area contributed by atoms with Crippen molar-refractivity contribution >= 4 is 33.2 Å². The standard InChI is InChI=1S/C22H21BrF2N4OS/c23-15-10-27-29-7-1-2-19-14(21(15)29)9-20(31-19)22(30)28-18-11-26-6-5-13(18)12-3-4-16(24)17(25)8-12/h3-4,8-10,13,18,26H,1-2,5-7,11H2,(H,28,30)/t13-,18+/m0/s1. The van der Waals surface area contributed by atoms with Crippen molar-refractivity contribution in [1.82, 2.24) is 20.4 Å². The van der Waals surface area contributed by atoms with Gasteiger partial charge in [0, 0.05) is 35.5 Å². The number of piperidine rings is 1. The van der Waals surface area contributed by atoms with E-state index in [0.29, 0.717) is 17.0 Å². The van der Waals surface area contributed by atoms with Crippen molar-refractivity contribution in [1.29, 1.82) is 0 Å². The zero-order chi connectivity index (χ0) is 21.5. The van der Waals surface area contributed by atoms with Gasteiger partial charge < -0.3 is 10.6 Å². The molecule has 2 aromatic heterocycles. The molecule has 4 heterocycles. The van der Waals surface area contributed by atoms with Crippen LogP contribution in [0.3, 0.4) is 0 Å². The van der Waals surface area contributed by atoms with Gasteiger partial charge in [0.25, 0.3) is 5.91 Å². The molecule has 31 heavy (non-hydrogen) atoms. The molecular formula is C22H21BrF2N4OS. The van der Waals surface area contributed by atoms with Gasteiger partial charge in [-0.1, -0.05) is 6.07 Å². The number of nitrogens with zero attached hydrogens (tertiary/aromatic N) is 2. The van der Waals surface area contributed by atoms with E-state index in [1.54, 1.807) is 12.3 Å². The van der Waals surface area contributed by atoms with Crippen molar-refractivity contribution in [3.05, 3.63) is 61.9 Å². The Bertz CT molecular complexity index is 1140. The molecule has 0 spiro atoms. The van der Waals surface area contributed by atoms with E-state index in [-0.39, 0.29) is 17.9 Å². The maximum Gasteiger partial charge on any atom is 0.261 e. The topological polar surface area (TPSA) is 59.0 Å². The van der Waals surface area contributed by atoms with Crippen LogP contribution in [0.15, 0.2) is 34.9 Å². The molecule has 3 aromatic rings. The Hall–Kier alpha value is -2.10. The van der Waals surface area contributed by atoms with E-state index in [1.807, 2.05) is 10.7 Å². The molecule has 0 radical (unpaired) electrons. The average molecular weight is 507 g/mol. The Morgan fingerprint density at radius 2 is 2.16 bits per heavy atom. The first-order valence-electron chi connectivity index (χ1n) is 10.3.